The molecule has 0 spiro atoms. The molecule has 1 atom stereocenters. The van der Waals surface area contributed by atoms with Crippen LogP contribution in [0.25, 0.3) is 0 Å². The molecule has 0 heterocycles. The molecule has 0 fully saturated rings. The lowest BCUT2D eigenvalue weighted by atomic mass is 10.0. The van der Waals surface area contributed by atoms with Crippen LogP contribution in [0.3, 0.4) is 0 Å². The number of hydrogen-bond donors (Lipinski definition) is 1. The van der Waals surface area contributed by atoms with Crippen LogP contribution in [0.2, 0.25) is 0 Å². The number of anilines is 1. The van der Waals surface area contributed by atoms with Crippen molar-refractivity contribution < 1.29 is 22.4 Å². The lowest BCUT2D eigenvalue weighted by molar-refractivity contribution is -0.140. The van der Waals surface area contributed by atoms with Crippen molar-refractivity contribution in [3.05, 3.63) is 132 Å². The van der Waals surface area contributed by atoms with Gasteiger partial charge in [0.05, 0.1) is 10.6 Å². The Labute approximate surface area is 253 Å². The topological polar surface area (TPSA) is 86.8 Å². The molecule has 7 nitrogen and oxygen atoms in total. The highest BCUT2D eigenvalue weighted by molar-refractivity contribution is 7.92. The Morgan fingerprint density at radius 2 is 1.37 bits per heavy atom. The summed E-state index contributed by atoms with van der Waals surface area (Å²) in [6, 6.07) is 28.6. The van der Waals surface area contributed by atoms with Gasteiger partial charge in [-0.1, -0.05) is 78.4 Å². The second-order valence-electron chi connectivity index (χ2n) is 10.7. The minimum Gasteiger partial charge on any atom is -0.352 e. The molecule has 224 valence electrons. The summed E-state index contributed by atoms with van der Waals surface area (Å²) in [7, 11) is -4.16. The Hall–Kier alpha value is -4.50. The van der Waals surface area contributed by atoms with Gasteiger partial charge in [-0.3, -0.25) is 13.9 Å². The summed E-state index contributed by atoms with van der Waals surface area (Å²) in [4.78, 5) is 29.4. The standard InChI is InChI=1S/C34H36FN3O4S/c1-25(2)36-34(40)32(22-27-10-6-4-7-11-27)37(23-28-16-18-29(35)19-17-28)33(39)24-38(30-20-14-26(3)15-21-30)43(41,42)31-12-8-5-9-13-31/h4-21,25,32H,22-24H2,1-3H3,(H,36,40). The highest BCUT2D eigenvalue weighted by Gasteiger charge is 2.34. The first-order chi connectivity index (χ1) is 20.5. The number of carbonyl (C=O) groups excluding carboxylic acids is 2. The number of nitrogens with one attached hydrogen (secondary N) is 1. The smallest absolute Gasteiger partial charge is 0.264 e. The van der Waals surface area contributed by atoms with Crippen LogP contribution in [0.1, 0.15) is 30.5 Å². The largest absolute Gasteiger partial charge is 0.352 e. The summed E-state index contributed by atoms with van der Waals surface area (Å²) < 4.78 is 42.7. The van der Waals surface area contributed by atoms with E-state index in [-0.39, 0.29) is 29.8 Å². The second kappa shape index (κ2) is 14.1. The number of hydrogen-bond acceptors (Lipinski definition) is 4. The van der Waals surface area contributed by atoms with Gasteiger partial charge in [0.25, 0.3) is 10.0 Å². The number of rotatable bonds is 12. The van der Waals surface area contributed by atoms with E-state index in [0.717, 1.165) is 15.4 Å². The van der Waals surface area contributed by atoms with E-state index in [9.17, 15) is 22.4 Å². The van der Waals surface area contributed by atoms with Crippen LogP contribution in [0.4, 0.5) is 10.1 Å². The summed E-state index contributed by atoms with van der Waals surface area (Å²) in [5, 5.41) is 2.92. The lowest BCUT2D eigenvalue weighted by Crippen LogP contribution is -2.54. The van der Waals surface area contributed by atoms with Crippen molar-refractivity contribution >= 4 is 27.5 Å². The van der Waals surface area contributed by atoms with Crippen molar-refractivity contribution in [3.8, 4) is 0 Å². The zero-order valence-electron chi connectivity index (χ0n) is 24.5. The first-order valence-corrected chi connectivity index (χ1v) is 15.5. The van der Waals surface area contributed by atoms with Crippen molar-refractivity contribution in [1.29, 1.82) is 0 Å². The minimum absolute atomic E-state index is 0.0325. The van der Waals surface area contributed by atoms with Crippen molar-refractivity contribution in [2.45, 2.75) is 50.7 Å². The molecular formula is C34H36FN3O4S. The Morgan fingerprint density at radius 1 is 0.791 bits per heavy atom. The fraction of sp³-hybridized carbons (Fsp3) is 0.235. The molecule has 0 bridgehead atoms. The highest BCUT2D eigenvalue weighted by Crippen LogP contribution is 2.25. The average molecular weight is 602 g/mol. The quantitative estimate of drug-likeness (QED) is 0.233. The fourth-order valence-electron chi connectivity index (χ4n) is 4.68. The van der Waals surface area contributed by atoms with Gasteiger partial charge in [0.2, 0.25) is 11.8 Å². The SMILES string of the molecule is Cc1ccc(N(CC(=O)N(Cc2ccc(F)cc2)C(Cc2ccccc2)C(=O)NC(C)C)S(=O)(=O)c2ccccc2)cc1. The van der Waals surface area contributed by atoms with E-state index in [1.165, 1.54) is 29.2 Å². The van der Waals surface area contributed by atoms with Gasteiger partial charge in [0.15, 0.2) is 0 Å². The molecule has 1 unspecified atom stereocenters. The first kappa shape index (κ1) is 31.4. The first-order valence-electron chi connectivity index (χ1n) is 14.1. The fourth-order valence-corrected chi connectivity index (χ4v) is 6.12. The Kier molecular flexibility index (Phi) is 10.3. The maximum Gasteiger partial charge on any atom is 0.264 e. The van der Waals surface area contributed by atoms with Gasteiger partial charge < -0.3 is 10.2 Å². The van der Waals surface area contributed by atoms with Crippen LogP contribution < -0.4 is 9.62 Å². The summed E-state index contributed by atoms with van der Waals surface area (Å²) >= 11 is 0. The molecule has 43 heavy (non-hydrogen) atoms. The number of sulfonamides is 1. The summed E-state index contributed by atoms with van der Waals surface area (Å²) in [5.74, 6) is -1.38. The van der Waals surface area contributed by atoms with Crippen LogP contribution in [0.5, 0.6) is 0 Å². The normalized spacial score (nSPS) is 12.0. The van der Waals surface area contributed by atoms with Crippen molar-refractivity contribution in [1.82, 2.24) is 10.2 Å². The third kappa shape index (κ3) is 8.29. The monoisotopic (exact) mass is 601 g/mol. The molecule has 0 aliphatic heterocycles. The van der Waals surface area contributed by atoms with Gasteiger partial charge in [-0.25, -0.2) is 12.8 Å². The molecule has 4 rings (SSSR count). The van der Waals surface area contributed by atoms with E-state index in [1.807, 2.05) is 51.1 Å². The van der Waals surface area contributed by atoms with E-state index in [2.05, 4.69) is 5.32 Å². The maximum atomic E-state index is 14.3. The average Bonchev–Trinajstić information content (AvgIpc) is 2.99. The predicted molar refractivity (Wildman–Crippen MR) is 166 cm³/mol. The predicted octanol–water partition coefficient (Wildman–Crippen LogP) is 5.49. The van der Waals surface area contributed by atoms with Gasteiger partial charge in [-0.15, -0.1) is 0 Å². The molecule has 0 aliphatic carbocycles. The minimum atomic E-state index is -4.16. The van der Waals surface area contributed by atoms with Gasteiger partial charge >= 0.3 is 0 Å². The van der Waals surface area contributed by atoms with Gasteiger partial charge in [0, 0.05) is 19.0 Å². The van der Waals surface area contributed by atoms with Crippen LogP contribution in [-0.2, 0) is 32.6 Å². The number of nitrogens with zero attached hydrogens (tertiary/aromatic N) is 2. The van der Waals surface area contributed by atoms with Gasteiger partial charge in [-0.05, 0) is 68.3 Å². The van der Waals surface area contributed by atoms with Crippen molar-refractivity contribution in [2.75, 3.05) is 10.8 Å². The number of aryl methyl sites for hydroxylation is 1. The zero-order chi connectivity index (χ0) is 31.0. The third-order valence-electron chi connectivity index (χ3n) is 6.90. The van der Waals surface area contributed by atoms with Gasteiger partial charge in [0.1, 0.15) is 18.4 Å². The Bertz CT molecular complexity index is 1610. The van der Waals surface area contributed by atoms with E-state index in [0.29, 0.717) is 11.3 Å². The third-order valence-corrected chi connectivity index (χ3v) is 8.69. The van der Waals surface area contributed by atoms with E-state index < -0.39 is 34.3 Å². The molecule has 2 amide bonds. The summed E-state index contributed by atoms with van der Waals surface area (Å²) in [6.45, 7) is 4.96. The molecular weight excluding hydrogens is 565 g/mol. The molecule has 9 heteroatoms. The molecule has 4 aromatic rings. The van der Waals surface area contributed by atoms with Crippen molar-refractivity contribution in [2.24, 2.45) is 0 Å². The van der Waals surface area contributed by atoms with E-state index in [1.54, 1.807) is 54.6 Å². The molecule has 0 radical (unpaired) electrons. The molecule has 0 saturated heterocycles. The second-order valence-corrected chi connectivity index (χ2v) is 12.5. The van der Waals surface area contributed by atoms with E-state index >= 15 is 0 Å². The van der Waals surface area contributed by atoms with Crippen molar-refractivity contribution in [3.63, 3.8) is 0 Å². The zero-order valence-corrected chi connectivity index (χ0v) is 25.3. The Balaban J connectivity index is 1.79. The van der Waals surface area contributed by atoms with Crippen LogP contribution in [0, 0.1) is 12.7 Å². The van der Waals surface area contributed by atoms with Crippen LogP contribution >= 0.6 is 0 Å². The highest BCUT2D eigenvalue weighted by atomic mass is 32.2. The van der Waals surface area contributed by atoms with Gasteiger partial charge in [-0.2, -0.15) is 0 Å². The molecule has 1 N–H and O–H groups in total. The van der Waals surface area contributed by atoms with Crippen LogP contribution in [-0.4, -0.2) is 43.8 Å². The number of benzene rings is 4. The number of halogens is 1. The lowest BCUT2D eigenvalue weighted by Gasteiger charge is -2.34. The number of carbonyl (C=O) groups is 2. The summed E-state index contributed by atoms with van der Waals surface area (Å²) in [6.07, 6.45) is 0.197. The maximum absolute atomic E-state index is 14.3. The van der Waals surface area contributed by atoms with E-state index in [4.69, 9.17) is 0 Å². The molecule has 0 aromatic heterocycles. The number of amides is 2. The molecule has 0 aliphatic rings. The summed E-state index contributed by atoms with van der Waals surface area (Å²) in [5.41, 5.74) is 2.67. The Morgan fingerprint density at radius 3 is 1.95 bits per heavy atom. The van der Waals surface area contributed by atoms with Crippen LogP contribution in [0.15, 0.2) is 114 Å². The molecule has 0 saturated carbocycles. The molecule has 4 aromatic carbocycles.